The molecule has 0 rings (SSSR count). The summed E-state index contributed by atoms with van der Waals surface area (Å²) in [7, 11) is 1.55. The van der Waals surface area contributed by atoms with Crippen LogP contribution in [0, 0.1) is 12.3 Å². The van der Waals surface area contributed by atoms with Gasteiger partial charge >= 0.3 is 0 Å². The van der Waals surface area contributed by atoms with Crippen molar-refractivity contribution < 1.29 is 9.47 Å². The minimum absolute atomic E-state index is 0.282. The van der Waals surface area contributed by atoms with Gasteiger partial charge in [-0.05, 0) is 0 Å². The molecule has 0 saturated carbocycles. The number of terminal acetylenes is 1. The van der Waals surface area contributed by atoms with E-state index in [1.165, 1.54) is 0 Å². The van der Waals surface area contributed by atoms with E-state index in [4.69, 9.17) is 6.42 Å². The largest absolute Gasteiger partial charge is 0.359 e. The van der Waals surface area contributed by atoms with Crippen LogP contribution in [0.4, 0.5) is 0 Å². The molecule has 0 aliphatic carbocycles. The zero-order chi connectivity index (χ0) is 5.54. The average molecular weight is 100 g/mol. The van der Waals surface area contributed by atoms with E-state index >= 15 is 0 Å². The molecule has 0 spiro atoms. The lowest BCUT2D eigenvalue weighted by atomic mass is 10.8. The maximum absolute atomic E-state index is 4.84. The zero-order valence-electron chi connectivity index (χ0n) is 4.31. The summed E-state index contributed by atoms with van der Waals surface area (Å²) in [5.74, 6) is 2.30. The molecule has 40 valence electrons. The fourth-order valence-electron chi connectivity index (χ4n) is 0.184. The first-order valence-corrected chi connectivity index (χ1v) is 1.92. The highest BCUT2D eigenvalue weighted by molar-refractivity contribution is 4.82. The Bertz CT molecular complexity index is 63.0. The van der Waals surface area contributed by atoms with Crippen molar-refractivity contribution in [2.45, 2.75) is 0 Å². The van der Waals surface area contributed by atoms with Crippen LogP contribution < -0.4 is 0 Å². The first-order valence-electron chi connectivity index (χ1n) is 1.92. The van der Waals surface area contributed by atoms with Gasteiger partial charge < -0.3 is 9.47 Å². The molecular formula is C5H8O2. The summed E-state index contributed by atoms with van der Waals surface area (Å²) in [4.78, 5) is 0. The molecule has 2 nitrogen and oxygen atoms in total. The van der Waals surface area contributed by atoms with Gasteiger partial charge in [0.25, 0.3) is 0 Å². The number of methoxy groups -OCH3 is 1. The van der Waals surface area contributed by atoms with Gasteiger partial charge in [0.1, 0.15) is 13.4 Å². The summed E-state index contributed by atoms with van der Waals surface area (Å²) in [6.07, 6.45) is 4.84. The van der Waals surface area contributed by atoms with Crippen LogP contribution in [0.15, 0.2) is 0 Å². The van der Waals surface area contributed by atoms with Crippen LogP contribution in [0.5, 0.6) is 0 Å². The van der Waals surface area contributed by atoms with E-state index in [1.807, 2.05) is 0 Å². The fraction of sp³-hybridized carbons (Fsp3) is 0.600. The lowest BCUT2D eigenvalue weighted by Crippen LogP contribution is -1.94. The van der Waals surface area contributed by atoms with Crippen molar-refractivity contribution in [3.8, 4) is 12.3 Å². The van der Waals surface area contributed by atoms with Crippen molar-refractivity contribution in [2.75, 3.05) is 20.5 Å². The maximum Gasteiger partial charge on any atom is 0.147 e. The summed E-state index contributed by atoms with van der Waals surface area (Å²) in [5, 5.41) is 0. The molecule has 0 aliphatic heterocycles. The molecule has 0 aromatic carbocycles. The van der Waals surface area contributed by atoms with E-state index in [-0.39, 0.29) is 6.79 Å². The van der Waals surface area contributed by atoms with Gasteiger partial charge in [-0.25, -0.2) is 0 Å². The zero-order valence-corrected chi connectivity index (χ0v) is 4.31. The smallest absolute Gasteiger partial charge is 0.147 e. The first kappa shape index (κ1) is 6.48. The molecule has 0 radical (unpaired) electrons. The van der Waals surface area contributed by atoms with Gasteiger partial charge in [0, 0.05) is 7.11 Å². The minimum atomic E-state index is 0.282. The van der Waals surface area contributed by atoms with E-state index < -0.39 is 0 Å². The quantitative estimate of drug-likeness (QED) is 0.287. The molecule has 0 N–H and O–H groups in total. The van der Waals surface area contributed by atoms with E-state index in [9.17, 15) is 0 Å². The van der Waals surface area contributed by atoms with Crippen LogP contribution >= 0.6 is 0 Å². The van der Waals surface area contributed by atoms with Crippen LogP contribution in [0.2, 0.25) is 0 Å². The Kier molecular flexibility index (Phi) is 5.07. The second kappa shape index (κ2) is 5.48. The molecule has 0 saturated heterocycles. The normalized spacial score (nSPS) is 8.00. The first-order chi connectivity index (χ1) is 3.41. The molecule has 0 aromatic heterocycles. The third-order valence-corrected chi connectivity index (χ3v) is 0.387. The van der Waals surface area contributed by atoms with Crippen molar-refractivity contribution in [3.05, 3.63) is 0 Å². The molecule has 0 aliphatic rings. The number of hydrogen-bond donors (Lipinski definition) is 0. The third-order valence-electron chi connectivity index (χ3n) is 0.387. The summed E-state index contributed by atoms with van der Waals surface area (Å²) in [6.45, 7) is 0.609. The van der Waals surface area contributed by atoms with Crippen molar-refractivity contribution in [2.24, 2.45) is 0 Å². The summed E-state index contributed by atoms with van der Waals surface area (Å²) in [5.41, 5.74) is 0. The van der Waals surface area contributed by atoms with Crippen LogP contribution in [0.1, 0.15) is 0 Å². The van der Waals surface area contributed by atoms with Crippen LogP contribution in [0.25, 0.3) is 0 Å². The Balaban J connectivity index is 2.60. The van der Waals surface area contributed by atoms with Gasteiger partial charge in [0.2, 0.25) is 0 Å². The van der Waals surface area contributed by atoms with E-state index in [1.54, 1.807) is 7.11 Å². The maximum atomic E-state index is 4.84. The molecule has 0 atom stereocenters. The van der Waals surface area contributed by atoms with Gasteiger partial charge in [-0.1, -0.05) is 5.92 Å². The minimum Gasteiger partial charge on any atom is -0.359 e. The van der Waals surface area contributed by atoms with Gasteiger partial charge in [-0.15, -0.1) is 6.42 Å². The lowest BCUT2D eigenvalue weighted by molar-refractivity contribution is -0.0165. The number of hydrogen-bond acceptors (Lipinski definition) is 2. The second-order valence-electron chi connectivity index (χ2n) is 0.959. The highest BCUT2D eigenvalue weighted by Crippen LogP contribution is 1.69. The van der Waals surface area contributed by atoms with E-state index in [0.29, 0.717) is 6.61 Å². The molecule has 0 fully saturated rings. The van der Waals surface area contributed by atoms with Gasteiger partial charge in [-0.2, -0.15) is 0 Å². The molecule has 7 heavy (non-hydrogen) atoms. The van der Waals surface area contributed by atoms with Crippen molar-refractivity contribution in [1.29, 1.82) is 0 Å². The SMILES string of the molecule is C#CCOCOC. The summed E-state index contributed by atoms with van der Waals surface area (Å²) >= 11 is 0. The van der Waals surface area contributed by atoms with Crippen LogP contribution in [-0.4, -0.2) is 20.5 Å². The Morgan fingerprint density at radius 3 is 2.86 bits per heavy atom. The predicted molar refractivity (Wildman–Crippen MR) is 26.7 cm³/mol. The monoisotopic (exact) mass is 100 g/mol. The van der Waals surface area contributed by atoms with Crippen molar-refractivity contribution >= 4 is 0 Å². The molecule has 0 heterocycles. The fourth-order valence-corrected chi connectivity index (χ4v) is 0.184. The summed E-state index contributed by atoms with van der Waals surface area (Å²) in [6, 6.07) is 0. The van der Waals surface area contributed by atoms with E-state index in [2.05, 4.69) is 15.4 Å². The molecule has 0 aromatic rings. The van der Waals surface area contributed by atoms with E-state index in [0.717, 1.165) is 0 Å². The highest BCUT2D eigenvalue weighted by Gasteiger charge is 1.74. The average Bonchev–Trinajstić information content (AvgIpc) is 1.69. The van der Waals surface area contributed by atoms with Gasteiger partial charge in [-0.3, -0.25) is 0 Å². The Hall–Kier alpha value is -0.520. The van der Waals surface area contributed by atoms with Gasteiger partial charge in [0.05, 0.1) is 0 Å². The summed E-state index contributed by atoms with van der Waals surface area (Å²) < 4.78 is 9.20. The molecule has 0 unspecified atom stereocenters. The van der Waals surface area contributed by atoms with Crippen molar-refractivity contribution in [3.63, 3.8) is 0 Å². The Morgan fingerprint density at radius 2 is 2.43 bits per heavy atom. The molecule has 0 amide bonds. The van der Waals surface area contributed by atoms with Crippen molar-refractivity contribution in [1.82, 2.24) is 0 Å². The molecular weight excluding hydrogens is 92.1 g/mol. The molecule has 0 bridgehead atoms. The van der Waals surface area contributed by atoms with Crippen LogP contribution in [0.3, 0.4) is 0 Å². The van der Waals surface area contributed by atoms with Gasteiger partial charge in [0.15, 0.2) is 0 Å². The Morgan fingerprint density at radius 1 is 1.71 bits per heavy atom. The standard InChI is InChI=1S/C5H8O2/c1-3-4-7-5-6-2/h1H,4-5H2,2H3. The topological polar surface area (TPSA) is 18.5 Å². The Labute approximate surface area is 43.4 Å². The highest BCUT2D eigenvalue weighted by atomic mass is 16.7. The molecule has 2 heteroatoms. The lowest BCUT2D eigenvalue weighted by Gasteiger charge is -1.93. The predicted octanol–water partition coefficient (Wildman–Crippen LogP) is 0.240. The third kappa shape index (κ3) is 5.48. The van der Waals surface area contributed by atoms with Crippen LogP contribution in [-0.2, 0) is 9.47 Å². The second-order valence-corrected chi connectivity index (χ2v) is 0.959. The number of rotatable bonds is 3. The number of ether oxygens (including phenoxy) is 2.